The van der Waals surface area contributed by atoms with Crippen LogP contribution in [0.2, 0.25) is 0 Å². The molecule has 1 aromatic carbocycles. The van der Waals surface area contributed by atoms with Crippen LogP contribution < -0.4 is 11.3 Å². The zero-order chi connectivity index (χ0) is 18.3. The molecule has 6 heteroatoms. The van der Waals surface area contributed by atoms with Crippen LogP contribution in [0.3, 0.4) is 0 Å². The third-order valence-electron chi connectivity index (χ3n) is 4.98. The van der Waals surface area contributed by atoms with E-state index < -0.39 is 6.04 Å². The second-order valence-corrected chi connectivity index (χ2v) is 6.77. The van der Waals surface area contributed by atoms with Gasteiger partial charge in [0.15, 0.2) is 0 Å². The first kappa shape index (κ1) is 16.5. The molecule has 1 aliphatic heterocycles. The topological polar surface area (TPSA) is 80.7 Å². The van der Waals surface area contributed by atoms with Gasteiger partial charge in [0, 0.05) is 25.4 Å². The number of nitrogens with two attached hydrogens (primary N) is 1. The van der Waals surface area contributed by atoms with Gasteiger partial charge in [-0.25, -0.2) is 4.98 Å². The number of primary amides is 1. The van der Waals surface area contributed by atoms with Crippen molar-refractivity contribution in [2.45, 2.75) is 32.5 Å². The predicted molar refractivity (Wildman–Crippen MR) is 98.6 cm³/mol. The van der Waals surface area contributed by atoms with E-state index in [0.29, 0.717) is 30.9 Å². The maximum Gasteiger partial charge on any atom is 0.258 e. The number of nitrogens with zero attached hydrogens (tertiary/aromatic N) is 3. The summed E-state index contributed by atoms with van der Waals surface area (Å²) in [5.41, 5.74) is 10.1. The van der Waals surface area contributed by atoms with Gasteiger partial charge in [-0.05, 0) is 36.1 Å². The van der Waals surface area contributed by atoms with Crippen molar-refractivity contribution in [3.8, 4) is 0 Å². The molecule has 2 N–H and O–H groups in total. The Balaban J connectivity index is 1.72. The fourth-order valence-corrected chi connectivity index (χ4v) is 3.62. The van der Waals surface area contributed by atoms with Gasteiger partial charge >= 0.3 is 0 Å². The first-order valence-electron chi connectivity index (χ1n) is 8.61. The maximum absolute atomic E-state index is 12.4. The van der Waals surface area contributed by atoms with Gasteiger partial charge in [0.2, 0.25) is 5.91 Å². The van der Waals surface area contributed by atoms with E-state index in [0.717, 1.165) is 11.1 Å². The monoisotopic (exact) mass is 348 g/mol. The third kappa shape index (κ3) is 2.88. The molecule has 0 spiro atoms. The minimum Gasteiger partial charge on any atom is -0.368 e. The molecule has 1 atom stereocenters. The lowest BCUT2D eigenvalue weighted by molar-refractivity contribution is -0.124. The Labute approximate surface area is 150 Å². The molecular weight excluding hydrogens is 328 g/mol. The molecule has 132 valence electrons. The van der Waals surface area contributed by atoms with Gasteiger partial charge in [-0.15, -0.1) is 0 Å². The molecular formula is C20H20N4O2. The highest BCUT2D eigenvalue weighted by atomic mass is 16.1. The van der Waals surface area contributed by atoms with Gasteiger partial charge < -0.3 is 5.73 Å². The van der Waals surface area contributed by atoms with Crippen molar-refractivity contribution in [2.24, 2.45) is 5.73 Å². The van der Waals surface area contributed by atoms with Crippen molar-refractivity contribution in [3.05, 3.63) is 81.4 Å². The van der Waals surface area contributed by atoms with E-state index in [1.165, 1.54) is 16.0 Å². The Morgan fingerprint density at radius 2 is 2.00 bits per heavy atom. The molecule has 0 bridgehead atoms. The third-order valence-corrected chi connectivity index (χ3v) is 4.98. The average molecular weight is 348 g/mol. The van der Waals surface area contributed by atoms with E-state index in [1.807, 2.05) is 42.2 Å². The quantitative estimate of drug-likeness (QED) is 0.776. The van der Waals surface area contributed by atoms with Crippen LogP contribution in [-0.2, 0) is 24.3 Å². The van der Waals surface area contributed by atoms with Gasteiger partial charge in [0.05, 0.1) is 11.7 Å². The van der Waals surface area contributed by atoms with E-state index in [4.69, 9.17) is 5.73 Å². The molecule has 0 aliphatic carbocycles. The minimum absolute atomic E-state index is 0.123. The molecule has 0 radical (unpaired) electrons. The van der Waals surface area contributed by atoms with Crippen molar-refractivity contribution in [2.75, 3.05) is 0 Å². The molecule has 1 unspecified atom stereocenters. The number of benzene rings is 1. The van der Waals surface area contributed by atoms with Crippen LogP contribution in [0, 0.1) is 6.92 Å². The molecule has 0 fully saturated rings. The number of rotatable bonds is 3. The Bertz CT molecular complexity index is 1060. The number of hydrogen-bond acceptors (Lipinski definition) is 4. The second-order valence-electron chi connectivity index (χ2n) is 6.77. The lowest BCUT2D eigenvalue weighted by Crippen LogP contribution is -2.48. The van der Waals surface area contributed by atoms with Gasteiger partial charge in [0.1, 0.15) is 5.65 Å². The number of carbonyl (C=O) groups is 1. The van der Waals surface area contributed by atoms with E-state index in [1.54, 1.807) is 6.20 Å². The number of hydrogen-bond donors (Lipinski definition) is 1. The lowest BCUT2D eigenvalue weighted by atomic mass is 9.93. The van der Waals surface area contributed by atoms with Crippen molar-refractivity contribution < 1.29 is 4.79 Å². The first-order chi connectivity index (χ1) is 12.5. The fourth-order valence-electron chi connectivity index (χ4n) is 3.62. The number of aryl methyl sites for hydroxylation is 1. The summed E-state index contributed by atoms with van der Waals surface area (Å²) in [6.07, 6.45) is 2.29. The van der Waals surface area contributed by atoms with Crippen LogP contribution in [-0.4, -0.2) is 26.2 Å². The molecule has 1 amide bonds. The zero-order valence-electron chi connectivity index (χ0n) is 14.6. The lowest BCUT2D eigenvalue weighted by Gasteiger charge is -2.34. The van der Waals surface area contributed by atoms with Crippen molar-refractivity contribution in [1.29, 1.82) is 0 Å². The summed E-state index contributed by atoms with van der Waals surface area (Å²) in [6, 6.07) is 12.9. The van der Waals surface area contributed by atoms with Crippen LogP contribution in [0.25, 0.3) is 5.65 Å². The SMILES string of the molecule is Cc1cccn2c(=O)cc(CN3Cc4ccccc4CC3C(N)=O)nc12. The zero-order valence-corrected chi connectivity index (χ0v) is 14.6. The first-order valence-corrected chi connectivity index (χ1v) is 8.61. The number of aromatic nitrogens is 2. The van der Waals surface area contributed by atoms with Crippen molar-refractivity contribution >= 4 is 11.6 Å². The summed E-state index contributed by atoms with van der Waals surface area (Å²) in [5, 5.41) is 0. The molecule has 2 aromatic heterocycles. The Hall–Kier alpha value is -2.99. The molecule has 26 heavy (non-hydrogen) atoms. The smallest absolute Gasteiger partial charge is 0.258 e. The summed E-state index contributed by atoms with van der Waals surface area (Å²) in [4.78, 5) is 31.1. The van der Waals surface area contributed by atoms with E-state index in [2.05, 4.69) is 11.1 Å². The maximum atomic E-state index is 12.4. The highest BCUT2D eigenvalue weighted by molar-refractivity contribution is 5.80. The number of carbonyl (C=O) groups excluding carboxylic acids is 1. The minimum atomic E-state index is -0.401. The fraction of sp³-hybridized carbons (Fsp3) is 0.250. The van der Waals surface area contributed by atoms with Crippen LogP contribution in [0.1, 0.15) is 22.4 Å². The second kappa shape index (κ2) is 6.38. The van der Waals surface area contributed by atoms with Gasteiger partial charge in [-0.1, -0.05) is 30.3 Å². The normalized spacial score (nSPS) is 17.2. The Morgan fingerprint density at radius 1 is 1.23 bits per heavy atom. The summed E-state index contributed by atoms with van der Waals surface area (Å²) >= 11 is 0. The molecule has 0 saturated carbocycles. The molecule has 3 aromatic rings. The van der Waals surface area contributed by atoms with E-state index in [-0.39, 0.29) is 11.5 Å². The largest absolute Gasteiger partial charge is 0.368 e. The Morgan fingerprint density at radius 3 is 2.77 bits per heavy atom. The van der Waals surface area contributed by atoms with Crippen LogP contribution in [0.15, 0.2) is 53.5 Å². The van der Waals surface area contributed by atoms with Gasteiger partial charge in [0.25, 0.3) is 5.56 Å². The van der Waals surface area contributed by atoms with Crippen LogP contribution >= 0.6 is 0 Å². The molecule has 1 aliphatic rings. The van der Waals surface area contributed by atoms with Crippen molar-refractivity contribution in [1.82, 2.24) is 14.3 Å². The molecule has 6 nitrogen and oxygen atoms in total. The Kier molecular flexibility index (Phi) is 4.05. The summed E-state index contributed by atoms with van der Waals surface area (Å²) in [7, 11) is 0. The van der Waals surface area contributed by atoms with Gasteiger partial charge in [-0.3, -0.25) is 18.9 Å². The number of pyridine rings is 1. The summed E-state index contributed by atoms with van der Waals surface area (Å²) in [6.45, 7) is 2.94. The molecule has 4 rings (SSSR count). The van der Waals surface area contributed by atoms with Crippen LogP contribution in [0.5, 0.6) is 0 Å². The number of amides is 1. The van der Waals surface area contributed by atoms with E-state index in [9.17, 15) is 9.59 Å². The molecule has 3 heterocycles. The summed E-state index contributed by atoms with van der Waals surface area (Å²) in [5.74, 6) is -0.354. The number of fused-ring (bicyclic) bond motifs is 2. The standard InChI is InChI=1S/C20H20N4O2/c1-13-5-4-8-24-18(25)10-16(22-20(13)24)12-23-11-15-7-3-2-6-14(15)9-17(23)19(21)26/h2-8,10,17H,9,11-12H2,1H3,(H2,21,26). The van der Waals surface area contributed by atoms with Crippen LogP contribution in [0.4, 0.5) is 0 Å². The summed E-state index contributed by atoms with van der Waals surface area (Å²) < 4.78 is 1.54. The van der Waals surface area contributed by atoms with E-state index >= 15 is 0 Å². The molecule has 0 saturated heterocycles. The van der Waals surface area contributed by atoms with Gasteiger partial charge in [-0.2, -0.15) is 0 Å². The van der Waals surface area contributed by atoms with Crippen molar-refractivity contribution in [3.63, 3.8) is 0 Å². The predicted octanol–water partition coefficient (Wildman–Crippen LogP) is 1.42. The highest BCUT2D eigenvalue weighted by Gasteiger charge is 2.30. The average Bonchev–Trinajstić information content (AvgIpc) is 2.62. The highest BCUT2D eigenvalue weighted by Crippen LogP contribution is 2.24.